The van der Waals surface area contributed by atoms with E-state index in [1.807, 2.05) is 43.3 Å². The van der Waals surface area contributed by atoms with Crippen molar-refractivity contribution >= 4 is 17.7 Å². The maximum Gasteiger partial charge on any atom is 0.261 e. The number of hydrogen-bond donors (Lipinski definition) is 1. The standard InChI is InChI=1S/C19H27N3O2/c1-5-6-7-8-11-21-19(23)16(14-20)12-15-9-10-18(24-4)17(13-15)22(2)3/h9-10,12-13H,5-8,11H2,1-4H3,(H,21,23)/b16-12+. The molecule has 1 amide bonds. The van der Waals surface area contributed by atoms with E-state index in [2.05, 4.69) is 12.2 Å². The minimum atomic E-state index is -0.323. The van der Waals surface area contributed by atoms with Crippen molar-refractivity contribution in [3.05, 3.63) is 29.3 Å². The molecule has 0 aromatic heterocycles. The average molecular weight is 329 g/mol. The van der Waals surface area contributed by atoms with E-state index >= 15 is 0 Å². The molecule has 0 atom stereocenters. The molecule has 5 nitrogen and oxygen atoms in total. The zero-order valence-corrected chi connectivity index (χ0v) is 15.1. The van der Waals surface area contributed by atoms with Crippen LogP contribution in [0.5, 0.6) is 5.75 Å². The molecule has 1 aromatic rings. The van der Waals surface area contributed by atoms with E-state index in [0.29, 0.717) is 6.54 Å². The summed E-state index contributed by atoms with van der Waals surface area (Å²) in [6.07, 6.45) is 5.95. The monoisotopic (exact) mass is 329 g/mol. The third kappa shape index (κ3) is 5.96. The molecule has 0 unspecified atom stereocenters. The van der Waals surface area contributed by atoms with E-state index in [9.17, 15) is 10.1 Å². The first-order valence-electron chi connectivity index (χ1n) is 8.28. The maximum absolute atomic E-state index is 12.1. The molecule has 1 N–H and O–H groups in total. The highest BCUT2D eigenvalue weighted by atomic mass is 16.5. The van der Waals surface area contributed by atoms with Gasteiger partial charge in [0.2, 0.25) is 0 Å². The highest BCUT2D eigenvalue weighted by molar-refractivity contribution is 6.01. The van der Waals surface area contributed by atoms with Crippen LogP contribution in [-0.2, 0) is 4.79 Å². The lowest BCUT2D eigenvalue weighted by Gasteiger charge is -2.17. The van der Waals surface area contributed by atoms with Crippen molar-refractivity contribution in [2.75, 3.05) is 32.6 Å². The lowest BCUT2D eigenvalue weighted by atomic mass is 10.1. The van der Waals surface area contributed by atoms with Gasteiger partial charge in [-0.2, -0.15) is 5.26 Å². The number of nitrogens with zero attached hydrogens (tertiary/aromatic N) is 2. The number of carbonyl (C=O) groups is 1. The molecule has 0 saturated heterocycles. The predicted molar refractivity (Wildman–Crippen MR) is 98.1 cm³/mol. The molecule has 1 rings (SSSR count). The highest BCUT2D eigenvalue weighted by Crippen LogP contribution is 2.28. The van der Waals surface area contributed by atoms with Crippen molar-refractivity contribution in [2.24, 2.45) is 0 Å². The number of benzene rings is 1. The van der Waals surface area contributed by atoms with Gasteiger partial charge in [0.05, 0.1) is 12.8 Å². The van der Waals surface area contributed by atoms with E-state index in [1.165, 1.54) is 0 Å². The Morgan fingerprint density at radius 2 is 2.08 bits per heavy atom. The summed E-state index contributed by atoms with van der Waals surface area (Å²) in [4.78, 5) is 14.0. The van der Waals surface area contributed by atoms with Gasteiger partial charge in [0.1, 0.15) is 17.4 Å². The minimum absolute atomic E-state index is 0.111. The molecule has 1 aromatic carbocycles. The van der Waals surface area contributed by atoms with Crippen LogP contribution in [0.4, 0.5) is 5.69 Å². The fraction of sp³-hybridized carbons (Fsp3) is 0.474. The Morgan fingerprint density at radius 1 is 1.33 bits per heavy atom. The molecule has 130 valence electrons. The summed E-state index contributed by atoms with van der Waals surface area (Å²) in [5.74, 6) is 0.423. The lowest BCUT2D eigenvalue weighted by molar-refractivity contribution is -0.117. The molecule has 0 aliphatic heterocycles. The second-order valence-corrected chi connectivity index (χ2v) is 5.81. The van der Waals surface area contributed by atoms with Crippen molar-refractivity contribution in [3.8, 4) is 11.8 Å². The molecule has 0 aliphatic carbocycles. The number of anilines is 1. The Bertz CT molecular complexity index is 616. The number of carbonyl (C=O) groups excluding carboxylic acids is 1. The number of rotatable bonds is 9. The molecule has 0 radical (unpaired) electrons. The third-order valence-electron chi connectivity index (χ3n) is 3.68. The molecule has 0 fully saturated rings. The highest BCUT2D eigenvalue weighted by Gasteiger charge is 2.10. The van der Waals surface area contributed by atoms with Crippen LogP contribution in [0.3, 0.4) is 0 Å². The number of amides is 1. The number of unbranched alkanes of at least 4 members (excludes halogenated alkanes) is 3. The summed E-state index contributed by atoms with van der Waals surface area (Å²) in [5.41, 5.74) is 1.79. The summed E-state index contributed by atoms with van der Waals surface area (Å²) in [5, 5.41) is 12.1. The predicted octanol–water partition coefficient (Wildman–Crippen LogP) is 3.36. The Morgan fingerprint density at radius 3 is 2.67 bits per heavy atom. The molecule has 24 heavy (non-hydrogen) atoms. The second kappa shape index (κ2) is 10.3. The summed E-state index contributed by atoms with van der Waals surface area (Å²) in [7, 11) is 5.45. The van der Waals surface area contributed by atoms with E-state index in [0.717, 1.165) is 42.7 Å². The Hall–Kier alpha value is -2.48. The fourth-order valence-electron chi connectivity index (χ4n) is 2.31. The van der Waals surface area contributed by atoms with Gasteiger partial charge in [-0.25, -0.2) is 0 Å². The van der Waals surface area contributed by atoms with Gasteiger partial charge in [-0.1, -0.05) is 32.3 Å². The largest absolute Gasteiger partial charge is 0.495 e. The van der Waals surface area contributed by atoms with Crippen LogP contribution in [0.2, 0.25) is 0 Å². The van der Waals surface area contributed by atoms with Crippen molar-refractivity contribution in [1.82, 2.24) is 5.32 Å². The fourth-order valence-corrected chi connectivity index (χ4v) is 2.31. The summed E-state index contributed by atoms with van der Waals surface area (Å²) < 4.78 is 5.32. The van der Waals surface area contributed by atoms with Gasteiger partial charge in [-0.15, -0.1) is 0 Å². The van der Waals surface area contributed by atoms with Crippen LogP contribution in [0, 0.1) is 11.3 Å². The van der Waals surface area contributed by atoms with Crippen LogP contribution in [0.15, 0.2) is 23.8 Å². The Balaban J connectivity index is 2.82. The first-order chi connectivity index (χ1) is 11.5. The Labute approximate surface area is 144 Å². The first kappa shape index (κ1) is 19.6. The molecule has 0 heterocycles. The maximum atomic E-state index is 12.1. The van der Waals surface area contributed by atoms with Crippen LogP contribution >= 0.6 is 0 Å². The molecular weight excluding hydrogens is 302 g/mol. The van der Waals surface area contributed by atoms with Crippen molar-refractivity contribution < 1.29 is 9.53 Å². The van der Waals surface area contributed by atoms with Gasteiger partial charge in [0, 0.05) is 20.6 Å². The lowest BCUT2D eigenvalue weighted by Crippen LogP contribution is -2.25. The molecule has 0 saturated carbocycles. The zero-order valence-electron chi connectivity index (χ0n) is 15.1. The third-order valence-corrected chi connectivity index (χ3v) is 3.68. The second-order valence-electron chi connectivity index (χ2n) is 5.81. The number of ether oxygens (including phenoxy) is 1. The normalized spacial score (nSPS) is 10.9. The van der Waals surface area contributed by atoms with Gasteiger partial charge in [0.15, 0.2) is 0 Å². The zero-order chi connectivity index (χ0) is 17.9. The molecular formula is C19H27N3O2. The SMILES string of the molecule is CCCCCCNC(=O)/C(C#N)=C/c1ccc(OC)c(N(C)C)c1. The van der Waals surface area contributed by atoms with Crippen LogP contribution in [-0.4, -0.2) is 33.7 Å². The molecule has 0 spiro atoms. The van der Waals surface area contributed by atoms with Gasteiger partial charge in [-0.05, 0) is 30.2 Å². The van der Waals surface area contributed by atoms with Crippen molar-refractivity contribution in [3.63, 3.8) is 0 Å². The molecule has 5 heteroatoms. The first-order valence-corrected chi connectivity index (χ1v) is 8.28. The smallest absolute Gasteiger partial charge is 0.261 e. The topological polar surface area (TPSA) is 65.4 Å². The molecule has 0 bridgehead atoms. The minimum Gasteiger partial charge on any atom is -0.495 e. The van der Waals surface area contributed by atoms with Crippen molar-refractivity contribution in [1.29, 1.82) is 5.26 Å². The number of hydrogen-bond acceptors (Lipinski definition) is 4. The van der Waals surface area contributed by atoms with E-state index in [4.69, 9.17) is 4.74 Å². The summed E-state index contributed by atoms with van der Waals surface area (Å²) in [6.45, 7) is 2.75. The van der Waals surface area contributed by atoms with E-state index < -0.39 is 0 Å². The van der Waals surface area contributed by atoms with Gasteiger partial charge < -0.3 is 15.0 Å². The van der Waals surface area contributed by atoms with Gasteiger partial charge in [-0.3, -0.25) is 4.79 Å². The van der Waals surface area contributed by atoms with E-state index in [1.54, 1.807) is 13.2 Å². The van der Waals surface area contributed by atoms with Crippen LogP contribution in [0.1, 0.15) is 38.2 Å². The van der Waals surface area contributed by atoms with Crippen LogP contribution in [0.25, 0.3) is 6.08 Å². The van der Waals surface area contributed by atoms with E-state index in [-0.39, 0.29) is 11.5 Å². The van der Waals surface area contributed by atoms with Gasteiger partial charge in [0.25, 0.3) is 5.91 Å². The van der Waals surface area contributed by atoms with Crippen LogP contribution < -0.4 is 15.0 Å². The summed E-state index contributed by atoms with van der Waals surface area (Å²) in [6, 6.07) is 7.54. The van der Waals surface area contributed by atoms with Crippen molar-refractivity contribution in [2.45, 2.75) is 32.6 Å². The number of nitriles is 1. The average Bonchev–Trinajstić information content (AvgIpc) is 2.58. The quantitative estimate of drug-likeness (QED) is 0.428. The Kier molecular flexibility index (Phi) is 8.42. The number of methoxy groups -OCH3 is 1. The summed E-state index contributed by atoms with van der Waals surface area (Å²) >= 11 is 0. The van der Waals surface area contributed by atoms with Gasteiger partial charge >= 0.3 is 0 Å². The number of nitrogens with one attached hydrogen (secondary N) is 1. The molecule has 0 aliphatic rings.